The van der Waals surface area contributed by atoms with Crippen molar-refractivity contribution in [1.29, 1.82) is 0 Å². The highest BCUT2D eigenvalue weighted by atomic mass is 19.2. The third-order valence-electron chi connectivity index (χ3n) is 6.16. The summed E-state index contributed by atoms with van der Waals surface area (Å²) in [6, 6.07) is 10.4. The summed E-state index contributed by atoms with van der Waals surface area (Å²) in [5.41, 5.74) is 2.46. The number of pyridine rings is 2. The van der Waals surface area contributed by atoms with Crippen molar-refractivity contribution < 1.29 is 18.0 Å². The molecule has 2 fully saturated rings. The van der Waals surface area contributed by atoms with E-state index in [2.05, 4.69) is 20.0 Å². The maximum absolute atomic E-state index is 13.9. The Morgan fingerprint density at radius 1 is 1.00 bits per heavy atom. The lowest BCUT2D eigenvalue weighted by Gasteiger charge is -2.60. The number of nitrogens with zero attached hydrogens (tertiary/aromatic N) is 5. The molecule has 9 heteroatoms. The average Bonchev–Trinajstić information content (AvgIpc) is 2.78. The van der Waals surface area contributed by atoms with Gasteiger partial charge in [-0.15, -0.1) is 0 Å². The molecule has 0 atom stereocenters. The van der Waals surface area contributed by atoms with Gasteiger partial charge in [0.1, 0.15) is 12.3 Å². The molecule has 0 N–H and O–H groups in total. The maximum Gasteiger partial charge on any atom is 0.165 e. The molecule has 176 valence electrons. The molecular formula is C25H24F3N5O. The molecule has 5 rings (SSSR count). The lowest BCUT2D eigenvalue weighted by molar-refractivity contribution is -0.0280. The fourth-order valence-corrected chi connectivity index (χ4v) is 4.67. The van der Waals surface area contributed by atoms with Crippen LogP contribution in [0.3, 0.4) is 0 Å². The van der Waals surface area contributed by atoms with Gasteiger partial charge in [0.15, 0.2) is 23.3 Å². The third kappa shape index (κ3) is 4.35. The van der Waals surface area contributed by atoms with Gasteiger partial charge in [0.2, 0.25) is 0 Å². The van der Waals surface area contributed by atoms with Crippen molar-refractivity contribution in [2.75, 3.05) is 37.7 Å². The summed E-state index contributed by atoms with van der Waals surface area (Å²) in [6.45, 7) is 6.36. The van der Waals surface area contributed by atoms with Gasteiger partial charge in [0.05, 0.1) is 5.69 Å². The third-order valence-corrected chi connectivity index (χ3v) is 6.16. The molecule has 1 spiro atoms. The summed E-state index contributed by atoms with van der Waals surface area (Å²) in [6.07, 6.45) is 3.38. The molecule has 0 saturated carbocycles. The predicted octanol–water partition coefficient (Wildman–Crippen LogP) is 4.01. The maximum atomic E-state index is 13.9. The average molecular weight is 467 g/mol. The van der Waals surface area contributed by atoms with E-state index in [4.69, 9.17) is 4.84 Å². The zero-order valence-electron chi connectivity index (χ0n) is 18.7. The molecule has 0 aliphatic carbocycles. The molecule has 4 heterocycles. The molecule has 2 aromatic heterocycles. The van der Waals surface area contributed by atoms with E-state index in [1.165, 1.54) is 12.1 Å². The van der Waals surface area contributed by atoms with Crippen LogP contribution in [0.5, 0.6) is 0 Å². The molecule has 0 bridgehead atoms. The molecule has 1 aromatic carbocycles. The van der Waals surface area contributed by atoms with E-state index in [0.717, 1.165) is 50.4 Å². The number of hydrogen-bond acceptors (Lipinski definition) is 6. The molecular weight excluding hydrogens is 443 g/mol. The molecule has 0 unspecified atom stereocenters. The first-order valence-electron chi connectivity index (χ1n) is 11.1. The van der Waals surface area contributed by atoms with E-state index in [-0.39, 0.29) is 11.2 Å². The summed E-state index contributed by atoms with van der Waals surface area (Å²) < 4.78 is 41.0. The van der Waals surface area contributed by atoms with Crippen molar-refractivity contribution in [3.63, 3.8) is 0 Å². The first-order chi connectivity index (χ1) is 16.5. The number of anilines is 1. The Morgan fingerprint density at radius 2 is 1.82 bits per heavy atom. The van der Waals surface area contributed by atoms with Gasteiger partial charge in [0, 0.05) is 56.1 Å². The van der Waals surface area contributed by atoms with E-state index in [1.54, 1.807) is 31.5 Å². The molecule has 3 aromatic rings. The van der Waals surface area contributed by atoms with Crippen LogP contribution in [0, 0.1) is 22.9 Å². The van der Waals surface area contributed by atoms with Crippen molar-refractivity contribution in [2.24, 2.45) is 10.6 Å². The summed E-state index contributed by atoms with van der Waals surface area (Å²) in [5, 5.41) is 4.07. The van der Waals surface area contributed by atoms with Crippen molar-refractivity contribution in [3.8, 4) is 0 Å². The number of halogens is 3. The van der Waals surface area contributed by atoms with E-state index in [9.17, 15) is 13.2 Å². The minimum absolute atomic E-state index is 0.196. The predicted molar refractivity (Wildman–Crippen MR) is 122 cm³/mol. The highest BCUT2D eigenvalue weighted by Gasteiger charge is 2.52. The molecule has 0 amide bonds. The highest BCUT2D eigenvalue weighted by Crippen LogP contribution is 2.42. The van der Waals surface area contributed by atoms with Gasteiger partial charge in [-0.25, -0.2) is 18.2 Å². The number of rotatable bonds is 7. The van der Waals surface area contributed by atoms with Crippen molar-refractivity contribution >= 4 is 11.5 Å². The topological polar surface area (TPSA) is 53.9 Å². The van der Waals surface area contributed by atoms with E-state index in [1.807, 2.05) is 11.0 Å². The summed E-state index contributed by atoms with van der Waals surface area (Å²) >= 11 is 0. The molecule has 6 nitrogen and oxygen atoms in total. The molecule has 0 radical (unpaired) electrons. The van der Waals surface area contributed by atoms with Crippen molar-refractivity contribution in [1.82, 2.24) is 14.9 Å². The zero-order valence-corrected chi connectivity index (χ0v) is 18.7. The summed E-state index contributed by atoms with van der Waals surface area (Å²) in [7, 11) is 0. The van der Waals surface area contributed by atoms with Gasteiger partial charge < -0.3 is 9.74 Å². The Bertz CT molecular complexity index is 1200. The normalized spacial score (nSPS) is 17.4. The second-order valence-corrected chi connectivity index (χ2v) is 8.85. The number of likely N-dealkylation sites (tertiary alicyclic amines) is 1. The SMILES string of the molecule is CCON=C(c1ccc(F)c(F)c1)c1ccc(CN2CC3(C2)CN(c2ncccc2F)C3)cn1. The van der Waals surface area contributed by atoms with Gasteiger partial charge in [-0.3, -0.25) is 9.88 Å². The van der Waals surface area contributed by atoms with Crippen molar-refractivity contribution in [3.05, 3.63) is 89.1 Å². The van der Waals surface area contributed by atoms with Gasteiger partial charge >= 0.3 is 0 Å². The smallest absolute Gasteiger partial charge is 0.165 e. The molecule has 2 aliphatic heterocycles. The quantitative estimate of drug-likeness (QED) is 0.388. The number of benzene rings is 1. The Kier molecular flexibility index (Phi) is 5.95. The summed E-state index contributed by atoms with van der Waals surface area (Å²) in [4.78, 5) is 18.1. The van der Waals surface area contributed by atoms with E-state index < -0.39 is 11.6 Å². The standard InChI is InChI=1S/C25H24F3N5O/c1-2-34-31-23(18-6-7-19(26)21(28)10-18)22-8-5-17(11-30-22)12-32-13-25(14-32)15-33(16-25)24-20(27)4-3-9-29-24/h3-11H,2,12-16H2,1H3. The summed E-state index contributed by atoms with van der Waals surface area (Å²) in [5.74, 6) is -1.73. The van der Waals surface area contributed by atoms with Crippen LogP contribution in [0.25, 0.3) is 0 Å². The fraction of sp³-hybridized carbons (Fsp3) is 0.320. The molecule has 34 heavy (non-hydrogen) atoms. The lowest BCUT2D eigenvalue weighted by atomic mass is 9.72. The van der Waals surface area contributed by atoms with Crippen LogP contribution < -0.4 is 4.90 Å². The Balaban J connectivity index is 1.20. The van der Waals surface area contributed by atoms with E-state index >= 15 is 0 Å². The lowest BCUT2D eigenvalue weighted by Crippen LogP contribution is -2.72. The Labute approximate surface area is 195 Å². The number of aromatic nitrogens is 2. The number of hydrogen-bond donors (Lipinski definition) is 0. The van der Waals surface area contributed by atoms with Gasteiger partial charge in [-0.2, -0.15) is 0 Å². The fourth-order valence-electron chi connectivity index (χ4n) is 4.67. The van der Waals surface area contributed by atoms with Crippen LogP contribution in [-0.2, 0) is 11.4 Å². The first-order valence-corrected chi connectivity index (χ1v) is 11.1. The van der Waals surface area contributed by atoms with Gasteiger partial charge in [-0.05, 0) is 48.9 Å². The minimum atomic E-state index is -0.953. The minimum Gasteiger partial charge on any atom is -0.396 e. The highest BCUT2D eigenvalue weighted by molar-refractivity contribution is 6.11. The Morgan fingerprint density at radius 3 is 2.50 bits per heavy atom. The molecule has 2 aliphatic rings. The van der Waals surface area contributed by atoms with Crippen LogP contribution in [0.15, 0.2) is 60.0 Å². The van der Waals surface area contributed by atoms with Gasteiger partial charge in [-0.1, -0.05) is 11.2 Å². The van der Waals surface area contributed by atoms with E-state index in [0.29, 0.717) is 29.4 Å². The largest absolute Gasteiger partial charge is 0.396 e. The first kappa shape index (κ1) is 22.3. The molecule has 2 saturated heterocycles. The second kappa shape index (κ2) is 9.06. The monoisotopic (exact) mass is 467 g/mol. The van der Waals surface area contributed by atoms with Crippen LogP contribution in [-0.4, -0.2) is 53.4 Å². The van der Waals surface area contributed by atoms with Crippen LogP contribution in [0.2, 0.25) is 0 Å². The second-order valence-electron chi connectivity index (χ2n) is 8.85. The number of oxime groups is 1. The Hall–Kier alpha value is -3.46. The van der Waals surface area contributed by atoms with Crippen LogP contribution in [0.4, 0.5) is 19.0 Å². The van der Waals surface area contributed by atoms with Gasteiger partial charge in [0.25, 0.3) is 0 Å². The van der Waals surface area contributed by atoms with Crippen LogP contribution in [0.1, 0.15) is 23.7 Å². The van der Waals surface area contributed by atoms with Crippen LogP contribution >= 0.6 is 0 Å². The zero-order chi connectivity index (χ0) is 23.7. The van der Waals surface area contributed by atoms with Crippen molar-refractivity contribution in [2.45, 2.75) is 13.5 Å².